The van der Waals surface area contributed by atoms with Gasteiger partial charge in [-0.3, -0.25) is 9.59 Å². The Labute approximate surface area is 176 Å². The Morgan fingerprint density at radius 3 is 2.53 bits per heavy atom. The maximum Gasteiger partial charge on any atom is 0.307 e. The molecule has 0 aliphatic carbocycles. The van der Waals surface area contributed by atoms with Crippen LogP contribution in [0.1, 0.15) is 39.0 Å². The number of ether oxygens (including phenoxy) is 3. The van der Waals surface area contributed by atoms with Crippen molar-refractivity contribution in [1.82, 2.24) is 9.62 Å². The molecule has 166 valence electrons. The number of sulfonamides is 1. The van der Waals surface area contributed by atoms with E-state index in [0.717, 1.165) is 25.7 Å². The second-order valence-corrected chi connectivity index (χ2v) is 9.09. The van der Waals surface area contributed by atoms with E-state index in [4.69, 9.17) is 14.2 Å². The molecule has 1 amide bonds. The summed E-state index contributed by atoms with van der Waals surface area (Å²) in [5.74, 6) is 0.0345. The zero-order chi connectivity index (χ0) is 21.6. The molecule has 0 radical (unpaired) electrons. The third-order valence-electron chi connectivity index (χ3n) is 4.97. The Balaban J connectivity index is 1.48. The highest BCUT2D eigenvalue weighted by Gasteiger charge is 2.25. The van der Waals surface area contributed by atoms with Gasteiger partial charge in [0.2, 0.25) is 10.0 Å². The summed E-state index contributed by atoms with van der Waals surface area (Å²) >= 11 is 0. The molecule has 10 heteroatoms. The number of benzene rings is 1. The van der Waals surface area contributed by atoms with Gasteiger partial charge in [-0.05, 0) is 38.3 Å². The fourth-order valence-corrected chi connectivity index (χ4v) is 4.41. The highest BCUT2D eigenvalue weighted by atomic mass is 32.2. The van der Waals surface area contributed by atoms with Crippen molar-refractivity contribution in [2.45, 2.75) is 50.0 Å². The van der Waals surface area contributed by atoms with Crippen LogP contribution in [0.3, 0.4) is 0 Å². The molecule has 0 spiro atoms. The fraction of sp³-hybridized carbons (Fsp3) is 0.600. The Morgan fingerprint density at radius 2 is 1.80 bits per heavy atom. The molecule has 1 N–H and O–H groups in total. The number of hydrogen-bond donors (Lipinski definition) is 1. The Hall–Kier alpha value is -2.33. The number of carbonyl (C=O) groups is 2. The second-order valence-electron chi connectivity index (χ2n) is 7.32. The van der Waals surface area contributed by atoms with Crippen molar-refractivity contribution in [2.24, 2.45) is 0 Å². The minimum Gasteiger partial charge on any atom is -0.490 e. The van der Waals surface area contributed by atoms with Crippen LogP contribution in [0.25, 0.3) is 0 Å². The van der Waals surface area contributed by atoms with Gasteiger partial charge in [-0.25, -0.2) is 13.1 Å². The average molecular weight is 441 g/mol. The van der Waals surface area contributed by atoms with Crippen molar-refractivity contribution in [3.05, 3.63) is 18.2 Å². The number of amides is 1. The number of nitrogens with one attached hydrogen (secondary N) is 1. The standard InChI is InChI=1S/C20H28N2O7S/c1-15(20(24)22-10-3-2-4-11-22)29-19(23)8-9-21-30(25,26)16-6-7-17-18(14-16)28-13-5-12-27-17/h6-7,14-15,21H,2-5,8-13H2,1H3/t15-/m0/s1. The first-order valence-corrected chi connectivity index (χ1v) is 11.7. The number of esters is 1. The summed E-state index contributed by atoms with van der Waals surface area (Å²) < 4.78 is 43.6. The third kappa shape index (κ3) is 5.85. The Kier molecular flexibility index (Phi) is 7.54. The Bertz CT molecular complexity index is 866. The molecule has 0 bridgehead atoms. The number of piperidine rings is 1. The normalized spacial score (nSPS) is 17.7. The van der Waals surface area contributed by atoms with E-state index in [1.165, 1.54) is 19.1 Å². The molecular weight excluding hydrogens is 412 g/mol. The molecule has 2 aliphatic rings. The molecule has 0 aromatic heterocycles. The summed E-state index contributed by atoms with van der Waals surface area (Å²) in [6.45, 7) is 3.71. The van der Waals surface area contributed by atoms with Crippen molar-refractivity contribution in [1.29, 1.82) is 0 Å². The topological polar surface area (TPSA) is 111 Å². The van der Waals surface area contributed by atoms with Crippen LogP contribution in [0.5, 0.6) is 11.5 Å². The average Bonchev–Trinajstić information content (AvgIpc) is 2.98. The Morgan fingerprint density at radius 1 is 1.10 bits per heavy atom. The van der Waals surface area contributed by atoms with Crippen molar-refractivity contribution >= 4 is 21.9 Å². The van der Waals surface area contributed by atoms with E-state index in [1.807, 2.05) is 0 Å². The number of fused-ring (bicyclic) bond motifs is 1. The molecule has 3 rings (SSSR count). The van der Waals surface area contributed by atoms with E-state index in [9.17, 15) is 18.0 Å². The first-order chi connectivity index (χ1) is 14.4. The quantitative estimate of drug-likeness (QED) is 0.639. The maximum atomic E-state index is 12.5. The molecule has 9 nitrogen and oxygen atoms in total. The van der Waals surface area contributed by atoms with Crippen LogP contribution in [0, 0.1) is 0 Å². The first kappa shape index (κ1) is 22.4. The van der Waals surface area contributed by atoms with Gasteiger partial charge in [0.25, 0.3) is 5.91 Å². The van der Waals surface area contributed by atoms with Crippen molar-refractivity contribution in [3.8, 4) is 11.5 Å². The molecule has 1 saturated heterocycles. The van der Waals surface area contributed by atoms with Crippen LogP contribution in [-0.2, 0) is 24.3 Å². The minimum absolute atomic E-state index is 0.0220. The zero-order valence-electron chi connectivity index (χ0n) is 17.1. The van der Waals surface area contributed by atoms with E-state index in [-0.39, 0.29) is 23.8 Å². The van der Waals surface area contributed by atoms with Crippen molar-refractivity contribution < 1.29 is 32.2 Å². The number of likely N-dealkylation sites (tertiary alicyclic amines) is 1. The smallest absolute Gasteiger partial charge is 0.307 e. The molecule has 30 heavy (non-hydrogen) atoms. The van der Waals surface area contributed by atoms with Gasteiger partial charge in [0, 0.05) is 32.1 Å². The lowest BCUT2D eigenvalue weighted by Gasteiger charge is -2.28. The van der Waals surface area contributed by atoms with Gasteiger partial charge in [-0.15, -0.1) is 0 Å². The molecular formula is C20H28N2O7S. The summed E-state index contributed by atoms with van der Waals surface area (Å²) in [7, 11) is -3.83. The highest BCUT2D eigenvalue weighted by Crippen LogP contribution is 2.31. The van der Waals surface area contributed by atoms with Crippen LogP contribution >= 0.6 is 0 Å². The van der Waals surface area contributed by atoms with Gasteiger partial charge in [-0.2, -0.15) is 0 Å². The van der Waals surface area contributed by atoms with Gasteiger partial charge in [0.05, 0.1) is 24.5 Å². The summed E-state index contributed by atoms with van der Waals surface area (Å²) in [5.41, 5.74) is 0. The van der Waals surface area contributed by atoms with Gasteiger partial charge < -0.3 is 19.1 Å². The van der Waals surface area contributed by atoms with E-state index in [1.54, 1.807) is 11.0 Å². The first-order valence-electron chi connectivity index (χ1n) is 10.2. The van der Waals surface area contributed by atoms with E-state index >= 15 is 0 Å². The minimum atomic E-state index is -3.83. The molecule has 1 aromatic rings. The van der Waals surface area contributed by atoms with Gasteiger partial charge in [0.1, 0.15) is 0 Å². The van der Waals surface area contributed by atoms with Gasteiger partial charge in [-0.1, -0.05) is 0 Å². The molecule has 1 atom stereocenters. The molecule has 2 heterocycles. The van der Waals surface area contributed by atoms with Crippen molar-refractivity contribution in [3.63, 3.8) is 0 Å². The van der Waals surface area contributed by atoms with Crippen LogP contribution in [0.4, 0.5) is 0 Å². The maximum absolute atomic E-state index is 12.5. The van der Waals surface area contributed by atoms with Crippen LogP contribution < -0.4 is 14.2 Å². The lowest BCUT2D eigenvalue weighted by Crippen LogP contribution is -2.42. The molecule has 1 aromatic carbocycles. The lowest BCUT2D eigenvalue weighted by atomic mass is 10.1. The highest BCUT2D eigenvalue weighted by molar-refractivity contribution is 7.89. The number of rotatable bonds is 7. The van der Waals surface area contributed by atoms with Gasteiger partial charge >= 0.3 is 5.97 Å². The fourth-order valence-electron chi connectivity index (χ4n) is 3.36. The molecule has 0 saturated carbocycles. The van der Waals surface area contributed by atoms with Crippen molar-refractivity contribution in [2.75, 3.05) is 32.8 Å². The molecule has 1 fully saturated rings. The second kappa shape index (κ2) is 10.1. The van der Waals surface area contributed by atoms with E-state index in [0.29, 0.717) is 37.8 Å². The van der Waals surface area contributed by atoms with Crippen LogP contribution in [-0.4, -0.2) is 64.1 Å². The molecule has 0 unspecified atom stereocenters. The molecule has 2 aliphatic heterocycles. The zero-order valence-corrected chi connectivity index (χ0v) is 17.9. The lowest BCUT2D eigenvalue weighted by molar-refractivity contribution is -0.159. The number of carbonyl (C=O) groups excluding carboxylic acids is 2. The van der Waals surface area contributed by atoms with Crippen LogP contribution in [0.15, 0.2) is 23.1 Å². The van der Waals surface area contributed by atoms with Gasteiger partial charge in [0.15, 0.2) is 17.6 Å². The summed E-state index contributed by atoms with van der Waals surface area (Å²) in [5, 5.41) is 0. The number of nitrogens with zero attached hydrogens (tertiary/aromatic N) is 1. The summed E-state index contributed by atoms with van der Waals surface area (Å²) in [4.78, 5) is 26.1. The van der Waals surface area contributed by atoms with E-state index < -0.39 is 22.1 Å². The number of hydrogen-bond acceptors (Lipinski definition) is 7. The van der Waals surface area contributed by atoms with E-state index in [2.05, 4.69) is 4.72 Å². The monoisotopic (exact) mass is 440 g/mol. The predicted octanol–water partition coefficient (Wildman–Crippen LogP) is 1.46. The SMILES string of the molecule is C[C@H](OC(=O)CCNS(=O)(=O)c1ccc2c(c1)OCCCO2)C(=O)N1CCCCC1. The largest absolute Gasteiger partial charge is 0.490 e. The summed E-state index contributed by atoms with van der Waals surface area (Å²) in [6.07, 6.45) is 2.66. The summed E-state index contributed by atoms with van der Waals surface area (Å²) in [6, 6.07) is 4.38. The van der Waals surface area contributed by atoms with Crippen LogP contribution in [0.2, 0.25) is 0 Å². The third-order valence-corrected chi connectivity index (χ3v) is 6.43. The predicted molar refractivity (Wildman–Crippen MR) is 108 cm³/mol.